The van der Waals surface area contributed by atoms with E-state index in [-0.39, 0.29) is 17.8 Å². The number of hydrogen-bond acceptors (Lipinski definition) is 3. The molecule has 6 N–H and O–H groups in total. The minimum Gasteiger partial charge on any atom is -0.370 e. The zero-order valence-corrected chi connectivity index (χ0v) is 16.0. The predicted octanol–water partition coefficient (Wildman–Crippen LogP) is 2.01. The van der Waals surface area contributed by atoms with Gasteiger partial charge in [0.2, 0.25) is 11.8 Å². The van der Waals surface area contributed by atoms with E-state index in [4.69, 9.17) is 11.1 Å². The third-order valence-electron chi connectivity index (χ3n) is 4.00. The number of nitrogens with one attached hydrogen (secondary N) is 4. The van der Waals surface area contributed by atoms with Gasteiger partial charge in [-0.3, -0.25) is 15.0 Å². The molecule has 0 aliphatic rings. The summed E-state index contributed by atoms with van der Waals surface area (Å²) in [4.78, 5) is 24.1. The van der Waals surface area contributed by atoms with Gasteiger partial charge >= 0.3 is 0 Å². The van der Waals surface area contributed by atoms with Crippen LogP contribution >= 0.6 is 0 Å². The summed E-state index contributed by atoms with van der Waals surface area (Å²) in [5.74, 6) is -0.305. The SMILES string of the molecule is CCCCCCCCCC(=O)NC(CCCNC(=N)N)C(=O)NCC. The van der Waals surface area contributed by atoms with E-state index < -0.39 is 6.04 Å². The van der Waals surface area contributed by atoms with Crippen LogP contribution in [-0.4, -0.2) is 36.9 Å². The molecule has 0 radical (unpaired) electrons. The highest BCUT2D eigenvalue weighted by Crippen LogP contribution is 2.08. The van der Waals surface area contributed by atoms with Gasteiger partial charge in [-0.2, -0.15) is 0 Å². The topological polar surface area (TPSA) is 120 Å². The van der Waals surface area contributed by atoms with E-state index in [0.717, 1.165) is 12.8 Å². The van der Waals surface area contributed by atoms with Crippen LogP contribution in [0.15, 0.2) is 0 Å². The Kier molecular flexibility index (Phi) is 14.6. The van der Waals surface area contributed by atoms with Crippen molar-refractivity contribution in [3.05, 3.63) is 0 Å². The van der Waals surface area contributed by atoms with Gasteiger partial charge in [0.25, 0.3) is 0 Å². The van der Waals surface area contributed by atoms with Gasteiger partial charge in [-0.25, -0.2) is 0 Å². The standard InChI is InChI=1S/C18H37N5O2/c1-3-5-6-7-8-9-10-13-16(24)23-15(17(25)21-4-2)12-11-14-22-18(19)20/h15H,3-14H2,1-2H3,(H,21,25)(H,23,24)(H4,19,20,22). The first-order valence-corrected chi connectivity index (χ1v) is 9.66. The largest absolute Gasteiger partial charge is 0.370 e. The third kappa shape index (κ3) is 14.3. The lowest BCUT2D eigenvalue weighted by atomic mass is 10.1. The molecular weight excluding hydrogens is 318 g/mol. The summed E-state index contributed by atoms with van der Waals surface area (Å²) in [6.07, 6.45) is 9.78. The monoisotopic (exact) mass is 355 g/mol. The molecule has 7 heteroatoms. The van der Waals surface area contributed by atoms with Crippen LogP contribution in [0.4, 0.5) is 0 Å². The van der Waals surface area contributed by atoms with E-state index in [1.165, 1.54) is 32.1 Å². The maximum atomic E-state index is 12.1. The second kappa shape index (κ2) is 15.7. The lowest BCUT2D eigenvalue weighted by Gasteiger charge is -2.18. The number of rotatable bonds is 15. The Morgan fingerprint density at radius 1 is 0.960 bits per heavy atom. The minimum absolute atomic E-state index is 0.0654. The molecule has 0 fully saturated rings. The summed E-state index contributed by atoms with van der Waals surface area (Å²) in [5, 5.41) is 15.4. The van der Waals surface area contributed by atoms with Gasteiger partial charge in [-0.15, -0.1) is 0 Å². The number of carbonyl (C=O) groups is 2. The molecule has 0 aromatic carbocycles. The molecule has 0 spiro atoms. The van der Waals surface area contributed by atoms with E-state index in [1.807, 2.05) is 6.92 Å². The Labute approximate surface area is 152 Å². The summed E-state index contributed by atoms with van der Waals surface area (Å²) in [5.41, 5.74) is 5.23. The summed E-state index contributed by atoms with van der Waals surface area (Å²) in [6.45, 7) is 5.10. The van der Waals surface area contributed by atoms with Crippen molar-refractivity contribution in [2.24, 2.45) is 5.73 Å². The smallest absolute Gasteiger partial charge is 0.242 e. The van der Waals surface area contributed by atoms with Crippen molar-refractivity contribution in [1.82, 2.24) is 16.0 Å². The van der Waals surface area contributed by atoms with Crippen molar-refractivity contribution in [3.8, 4) is 0 Å². The molecule has 0 bridgehead atoms. The second-order valence-electron chi connectivity index (χ2n) is 6.37. The molecule has 0 aromatic rings. The number of nitrogens with two attached hydrogens (primary N) is 1. The zero-order chi connectivity index (χ0) is 18.9. The van der Waals surface area contributed by atoms with E-state index >= 15 is 0 Å². The van der Waals surface area contributed by atoms with Gasteiger partial charge in [-0.05, 0) is 26.2 Å². The van der Waals surface area contributed by atoms with Crippen molar-refractivity contribution < 1.29 is 9.59 Å². The fourth-order valence-electron chi connectivity index (χ4n) is 2.60. The summed E-state index contributed by atoms with van der Waals surface area (Å²) < 4.78 is 0. The Morgan fingerprint density at radius 2 is 1.60 bits per heavy atom. The van der Waals surface area contributed by atoms with E-state index in [9.17, 15) is 9.59 Å². The van der Waals surface area contributed by atoms with Crippen LogP contribution in [0.25, 0.3) is 0 Å². The Hall–Kier alpha value is -1.79. The first-order chi connectivity index (χ1) is 12.0. The number of carbonyl (C=O) groups excluding carboxylic acids is 2. The number of likely N-dealkylation sites (N-methyl/N-ethyl adjacent to an activating group) is 1. The average molecular weight is 356 g/mol. The van der Waals surface area contributed by atoms with Crippen molar-refractivity contribution in [2.75, 3.05) is 13.1 Å². The van der Waals surface area contributed by atoms with E-state index in [2.05, 4.69) is 22.9 Å². The van der Waals surface area contributed by atoms with Crippen LogP contribution in [0.3, 0.4) is 0 Å². The van der Waals surface area contributed by atoms with Gasteiger partial charge in [0.05, 0.1) is 0 Å². The Morgan fingerprint density at radius 3 is 2.20 bits per heavy atom. The normalized spacial score (nSPS) is 11.6. The molecule has 0 heterocycles. The fraction of sp³-hybridized carbons (Fsp3) is 0.833. The van der Waals surface area contributed by atoms with Gasteiger partial charge in [-0.1, -0.05) is 45.4 Å². The Balaban J connectivity index is 4.05. The highest BCUT2D eigenvalue weighted by Gasteiger charge is 2.19. The quantitative estimate of drug-likeness (QED) is 0.175. The third-order valence-corrected chi connectivity index (χ3v) is 4.00. The lowest BCUT2D eigenvalue weighted by molar-refractivity contribution is -0.129. The molecule has 1 atom stereocenters. The summed E-state index contributed by atoms with van der Waals surface area (Å²) in [7, 11) is 0. The maximum absolute atomic E-state index is 12.1. The molecule has 0 saturated carbocycles. The second-order valence-corrected chi connectivity index (χ2v) is 6.37. The summed E-state index contributed by atoms with van der Waals surface area (Å²) >= 11 is 0. The molecule has 146 valence electrons. The van der Waals surface area contributed by atoms with Crippen LogP contribution in [0, 0.1) is 5.41 Å². The lowest BCUT2D eigenvalue weighted by Crippen LogP contribution is -2.47. The molecule has 0 aromatic heterocycles. The van der Waals surface area contributed by atoms with Gasteiger partial charge in [0, 0.05) is 19.5 Å². The fourth-order valence-corrected chi connectivity index (χ4v) is 2.60. The molecule has 1 unspecified atom stereocenters. The van der Waals surface area contributed by atoms with Crippen LogP contribution in [0.1, 0.15) is 78.1 Å². The first kappa shape index (κ1) is 23.2. The number of amides is 2. The van der Waals surface area contributed by atoms with Crippen molar-refractivity contribution in [2.45, 2.75) is 84.1 Å². The van der Waals surface area contributed by atoms with Gasteiger partial charge in [0.15, 0.2) is 5.96 Å². The predicted molar refractivity (Wildman–Crippen MR) is 102 cm³/mol. The van der Waals surface area contributed by atoms with Crippen LogP contribution in [-0.2, 0) is 9.59 Å². The molecule has 2 amide bonds. The van der Waals surface area contributed by atoms with Gasteiger partial charge < -0.3 is 21.7 Å². The number of unbranched alkanes of at least 4 members (excludes halogenated alkanes) is 6. The molecule has 0 rings (SSSR count). The minimum atomic E-state index is -0.522. The number of guanidine groups is 1. The zero-order valence-electron chi connectivity index (χ0n) is 16.0. The van der Waals surface area contributed by atoms with Crippen molar-refractivity contribution in [1.29, 1.82) is 5.41 Å². The van der Waals surface area contributed by atoms with E-state index in [0.29, 0.717) is 32.4 Å². The van der Waals surface area contributed by atoms with Gasteiger partial charge in [0.1, 0.15) is 6.04 Å². The van der Waals surface area contributed by atoms with Crippen LogP contribution < -0.4 is 21.7 Å². The Bertz CT molecular complexity index is 388. The summed E-state index contributed by atoms with van der Waals surface area (Å²) in [6, 6.07) is -0.522. The molecule has 0 saturated heterocycles. The molecule has 0 aliphatic carbocycles. The van der Waals surface area contributed by atoms with Crippen molar-refractivity contribution >= 4 is 17.8 Å². The average Bonchev–Trinajstić information content (AvgIpc) is 2.56. The molecule has 0 aliphatic heterocycles. The van der Waals surface area contributed by atoms with Crippen molar-refractivity contribution in [3.63, 3.8) is 0 Å². The molecule has 7 nitrogen and oxygen atoms in total. The first-order valence-electron chi connectivity index (χ1n) is 9.66. The maximum Gasteiger partial charge on any atom is 0.242 e. The molecule has 25 heavy (non-hydrogen) atoms. The van der Waals surface area contributed by atoms with Crippen LogP contribution in [0.2, 0.25) is 0 Å². The number of hydrogen-bond donors (Lipinski definition) is 5. The van der Waals surface area contributed by atoms with E-state index in [1.54, 1.807) is 0 Å². The van der Waals surface area contributed by atoms with Crippen LogP contribution in [0.5, 0.6) is 0 Å². The molecular formula is C18H37N5O2. The highest BCUT2D eigenvalue weighted by molar-refractivity contribution is 5.87. The highest BCUT2D eigenvalue weighted by atomic mass is 16.2.